The Morgan fingerprint density at radius 3 is 2.35 bits per heavy atom. The number of nitrogens with two attached hydrogens (primary N) is 2. The van der Waals surface area contributed by atoms with Crippen LogP contribution in [-0.2, 0) is 0 Å². The summed E-state index contributed by atoms with van der Waals surface area (Å²) < 4.78 is 1.56. The second-order valence-corrected chi connectivity index (χ2v) is 5.07. The first-order valence-electron chi connectivity index (χ1n) is 6.68. The molecule has 5 N–H and O–H groups in total. The minimum absolute atomic E-state index is 0.117. The number of nitrogen functional groups attached to an aromatic ring is 2. The molecule has 106 valence electrons. The predicted octanol–water partition coefficient (Wildman–Crippen LogP) is 0.577. The molecule has 7 nitrogen and oxygen atoms in total. The lowest BCUT2D eigenvalue weighted by Crippen LogP contribution is -2.37. The number of anilines is 3. The Labute approximate surface area is 116 Å². The van der Waals surface area contributed by atoms with Crippen LogP contribution in [0.5, 0.6) is 0 Å². The van der Waals surface area contributed by atoms with Crippen molar-refractivity contribution in [3.05, 3.63) is 34.7 Å². The molecular formula is C13H18N6O. The molecule has 20 heavy (non-hydrogen) atoms. The quantitative estimate of drug-likeness (QED) is 0.694. The molecular weight excluding hydrogens is 256 g/mol. The summed E-state index contributed by atoms with van der Waals surface area (Å²) in [4.78, 5) is 14.0. The molecule has 1 aliphatic rings. The van der Waals surface area contributed by atoms with Crippen molar-refractivity contribution in [1.82, 2.24) is 14.8 Å². The van der Waals surface area contributed by atoms with Gasteiger partial charge in [0.15, 0.2) is 0 Å². The van der Waals surface area contributed by atoms with Gasteiger partial charge in [-0.3, -0.25) is 4.57 Å². The maximum absolute atomic E-state index is 11.7. The Balaban J connectivity index is 1.71. The van der Waals surface area contributed by atoms with Crippen molar-refractivity contribution in [1.29, 1.82) is 0 Å². The lowest BCUT2D eigenvalue weighted by Gasteiger charge is -2.33. The van der Waals surface area contributed by atoms with E-state index in [2.05, 4.69) is 15.1 Å². The van der Waals surface area contributed by atoms with E-state index in [4.69, 9.17) is 11.5 Å². The topological polar surface area (TPSA) is 106 Å². The fourth-order valence-corrected chi connectivity index (χ4v) is 2.74. The van der Waals surface area contributed by atoms with Crippen LogP contribution >= 0.6 is 0 Å². The largest absolute Gasteiger partial charge is 0.399 e. The monoisotopic (exact) mass is 274 g/mol. The van der Waals surface area contributed by atoms with Gasteiger partial charge >= 0.3 is 5.69 Å². The highest BCUT2D eigenvalue weighted by molar-refractivity contribution is 5.53. The first-order chi connectivity index (χ1) is 9.65. The van der Waals surface area contributed by atoms with Crippen LogP contribution in [0.1, 0.15) is 18.9 Å². The van der Waals surface area contributed by atoms with Gasteiger partial charge in [-0.1, -0.05) is 0 Å². The van der Waals surface area contributed by atoms with Gasteiger partial charge in [0.2, 0.25) is 5.95 Å². The van der Waals surface area contributed by atoms with Crippen LogP contribution in [0.2, 0.25) is 0 Å². The van der Waals surface area contributed by atoms with Gasteiger partial charge in [-0.15, -0.1) is 5.10 Å². The Hall–Kier alpha value is -2.44. The van der Waals surface area contributed by atoms with Crippen molar-refractivity contribution in [2.75, 3.05) is 29.5 Å². The summed E-state index contributed by atoms with van der Waals surface area (Å²) in [6, 6.07) is 7.97. The van der Waals surface area contributed by atoms with Gasteiger partial charge in [0, 0.05) is 30.5 Å². The zero-order valence-electron chi connectivity index (χ0n) is 11.1. The molecule has 3 rings (SSSR count). The Morgan fingerprint density at radius 1 is 1.15 bits per heavy atom. The highest BCUT2D eigenvalue weighted by Gasteiger charge is 2.23. The number of aromatic nitrogens is 3. The average molecular weight is 274 g/mol. The SMILES string of the molecule is Nc1ccc(N2CCC(n3c(N)n[nH]c3=O)CC2)cc1. The van der Waals surface area contributed by atoms with Gasteiger partial charge < -0.3 is 16.4 Å². The summed E-state index contributed by atoms with van der Waals surface area (Å²) >= 11 is 0. The Kier molecular flexibility index (Phi) is 3.09. The number of nitrogens with zero attached hydrogens (tertiary/aromatic N) is 3. The highest BCUT2D eigenvalue weighted by atomic mass is 16.1. The predicted molar refractivity (Wildman–Crippen MR) is 78.6 cm³/mol. The zero-order chi connectivity index (χ0) is 14.1. The fraction of sp³-hybridized carbons (Fsp3) is 0.385. The maximum atomic E-state index is 11.7. The van der Waals surface area contributed by atoms with Crippen LogP contribution < -0.4 is 22.1 Å². The molecule has 1 aromatic carbocycles. The molecule has 0 unspecified atom stereocenters. The van der Waals surface area contributed by atoms with E-state index in [1.807, 2.05) is 24.3 Å². The number of H-pyrrole nitrogens is 1. The number of benzene rings is 1. The maximum Gasteiger partial charge on any atom is 0.345 e. The average Bonchev–Trinajstić information content (AvgIpc) is 2.79. The lowest BCUT2D eigenvalue weighted by atomic mass is 10.0. The molecule has 0 saturated carbocycles. The van der Waals surface area contributed by atoms with E-state index in [0.29, 0.717) is 0 Å². The van der Waals surface area contributed by atoms with Crippen LogP contribution in [0.25, 0.3) is 0 Å². The first-order valence-corrected chi connectivity index (χ1v) is 6.68. The fourth-order valence-electron chi connectivity index (χ4n) is 2.74. The summed E-state index contributed by atoms with van der Waals surface area (Å²) in [5, 5.41) is 6.14. The second-order valence-electron chi connectivity index (χ2n) is 5.07. The third kappa shape index (κ3) is 2.22. The van der Waals surface area contributed by atoms with E-state index >= 15 is 0 Å². The molecule has 1 saturated heterocycles. The Bertz CT molecular complexity index is 636. The minimum Gasteiger partial charge on any atom is -0.399 e. The van der Waals surface area contributed by atoms with Crippen LogP contribution in [0.3, 0.4) is 0 Å². The summed E-state index contributed by atoms with van der Waals surface area (Å²) in [7, 11) is 0. The van der Waals surface area contributed by atoms with Crippen molar-refractivity contribution in [3.8, 4) is 0 Å². The van der Waals surface area contributed by atoms with E-state index in [1.165, 1.54) is 0 Å². The number of rotatable bonds is 2. The van der Waals surface area contributed by atoms with Gasteiger partial charge in [0.25, 0.3) is 0 Å². The zero-order valence-corrected chi connectivity index (χ0v) is 11.1. The highest BCUT2D eigenvalue weighted by Crippen LogP contribution is 2.26. The van der Waals surface area contributed by atoms with E-state index in [9.17, 15) is 4.79 Å². The minimum atomic E-state index is -0.228. The molecule has 0 atom stereocenters. The third-order valence-electron chi connectivity index (χ3n) is 3.82. The van der Waals surface area contributed by atoms with Gasteiger partial charge in [0.1, 0.15) is 0 Å². The molecule has 0 spiro atoms. The van der Waals surface area contributed by atoms with Crippen LogP contribution in [0, 0.1) is 0 Å². The lowest BCUT2D eigenvalue weighted by molar-refractivity contribution is 0.392. The van der Waals surface area contributed by atoms with Crippen LogP contribution in [0.15, 0.2) is 29.1 Å². The summed E-state index contributed by atoms with van der Waals surface area (Å²) in [5.41, 5.74) is 13.1. The molecule has 2 heterocycles. The third-order valence-corrected chi connectivity index (χ3v) is 3.82. The van der Waals surface area contributed by atoms with Crippen molar-refractivity contribution in [2.24, 2.45) is 0 Å². The van der Waals surface area contributed by atoms with Crippen molar-refractivity contribution < 1.29 is 0 Å². The van der Waals surface area contributed by atoms with Crippen molar-refractivity contribution >= 4 is 17.3 Å². The van der Waals surface area contributed by atoms with E-state index < -0.39 is 0 Å². The van der Waals surface area contributed by atoms with E-state index in [1.54, 1.807) is 4.57 Å². The molecule has 0 aliphatic carbocycles. The van der Waals surface area contributed by atoms with E-state index in [0.717, 1.165) is 37.3 Å². The number of nitrogens with one attached hydrogen (secondary N) is 1. The van der Waals surface area contributed by atoms with Gasteiger partial charge in [-0.25, -0.2) is 9.89 Å². The molecule has 0 amide bonds. The number of aromatic amines is 1. The van der Waals surface area contributed by atoms with Gasteiger partial charge in [-0.2, -0.15) is 0 Å². The first kappa shape index (κ1) is 12.6. The van der Waals surface area contributed by atoms with Crippen molar-refractivity contribution in [2.45, 2.75) is 18.9 Å². The summed E-state index contributed by atoms with van der Waals surface area (Å²) in [5.74, 6) is 0.265. The van der Waals surface area contributed by atoms with Gasteiger partial charge in [0.05, 0.1) is 0 Å². The van der Waals surface area contributed by atoms with Crippen LogP contribution in [-0.4, -0.2) is 27.9 Å². The second kappa shape index (κ2) is 4.92. The molecule has 0 radical (unpaired) electrons. The molecule has 2 aromatic rings. The molecule has 1 fully saturated rings. The normalized spacial score (nSPS) is 16.5. The molecule has 1 aliphatic heterocycles. The van der Waals surface area contributed by atoms with Crippen LogP contribution in [0.4, 0.5) is 17.3 Å². The molecule has 0 bridgehead atoms. The smallest absolute Gasteiger partial charge is 0.345 e. The molecule has 7 heteroatoms. The Morgan fingerprint density at radius 2 is 1.80 bits per heavy atom. The van der Waals surface area contributed by atoms with E-state index in [-0.39, 0.29) is 17.7 Å². The number of hydrogen-bond donors (Lipinski definition) is 3. The number of piperidine rings is 1. The standard InChI is InChI=1S/C13H18N6O/c14-9-1-3-10(4-2-9)18-7-5-11(6-8-18)19-12(15)16-17-13(19)20/h1-4,11H,5-8,14H2,(H2,15,16)(H,17,20). The van der Waals surface area contributed by atoms with Gasteiger partial charge in [-0.05, 0) is 37.1 Å². The van der Waals surface area contributed by atoms with Crippen molar-refractivity contribution in [3.63, 3.8) is 0 Å². The summed E-state index contributed by atoms with van der Waals surface area (Å²) in [6.07, 6.45) is 1.74. The number of hydrogen-bond acceptors (Lipinski definition) is 5. The summed E-state index contributed by atoms with van der Waals surface area (Å²) in [6.45, 7) is 1.76. The molecule has 1 aromatic heterocycles.